The number of imide groups is 1. The quantitative estimate of drug-likeness (QED) is 0.829. The number of hydrogen-bond acceptors (Lipinski definition) is 3. The first kappa shape index (κ1) is 12.6. The van der Waals surface area contributed by atoms with Gasteiger partial charge in [-0.2, -0.15) is 0 Å². The summed E-state index contributed by atoms with van der Waals surface area (Å²) in [6, 6.07) is 4.29. The van der Waals surface area contributed by atoms with Crippen LogP contribution in [-0.4, -0.2) is 33.3 Å². The van der Waals surface area contributed by atoms with Crippen LogP contribution in [0, 0.1) is 0 Å². The molecule has 0 aliphatic carbocycles. The van der Waals surface area contributed by atoms with Crippen molar-refractivity contribution >= 4 is 29.4 Å². The summed E-state index contributed by atoms with van der Waals surface area (Å²) in [6.45, 7) is 2.61. The first-order chi connectivity index (χ1) is 8.26. The van der Waals surface area contributed by atoms with E-state index < -0.39 is 23.3 Å². The number of aliphatic carboxylic acids is 1. The monoisotopic (exact) mass is 267 g/mol. The van der Waals surface area contributed by atoms with Crippen molar-refractivity contribution in [3.8, 4) is 0 Å². The fourth-order valence-electron chi connectivity index (χ4n) is 1.82. The molecule has 0 atom stereocenters. The van der Waals surface area contributed by atoms with Gasteiger partial charge >= 0.3 is 5.97 Å². The van der Waals surface area contributed by atoms with E-state index in [4.69, 9.17) is 16.7 Å². The number of carbonyl (C=O) groups is 3. The molecular weight excluding hydrogens is 258 g/mol. The second kappa shape index (κ2) is 3.81. The Labute approximate surface area is 108 Å². The minimum atomic E-state index is -1.60. The van der Waals surface area contributed by atoms with Crippen molar-refractivity contribution in [2.24, 2.45) is 0 Å². The topological polar surface area (TPSA) is 74.7 Å². The lowest BCUT2D eigenvalue weighted by atomic mass is 10.0. The van der Waals surface area contributed by atoms with Crippen LogP contribution in [0.5, 0.6) is 0 Å². The van der Waals surface area contributed by atoms with E-state index >= 15 is 0 Å². The van der Waals surface area contributed by atoms with Crippen LogP contribution in [0.15, 0.2) is 18.2 Å². The highest BCUT2D eigenvalue weighted by Gasteiger charge is 2.48. The van der Waals surface area contributed by atoms with E-state index in [2.05, 4.69) is 0 Å². The van der Waals surface area contributed by atoms with Crippen LogP contribution in [0.3, 0.4) is 0 Å². The van der Waals surface area contributed by atoms with Gasteiger partial charge in [0.2, 0.25) is 0 Å². The summed E-state index contributed by atoms with van der Waals surface area (Å²) < 4.78 is 0. The Morgan fingerprint density at radius 1 is 1.22 bits per heavy atom. The normalized spacial score (nSPS) is 14.9. The molecule has 0 radical (unpaired) electrons. The van der Waals surface area contributed by atoms with Gasteiger partial charge in [-0.05, 0) is 32.0 Å². The number of carbonyl (C=O) groups excluding carboxylic acids is 2. The number of carboxylic acids is 1. The Morgan fingerprint density at radius 2 is 1.78 bits per heavy atom. The Morgan fingerprint density at radius 3 is 2.33 bits per heavy atom. The van der Waals surface area contributed by atoms with Gasteiger partial charge in [-0.15, -0.1) is 0 Å². The molecule has 0 saturated carbocycles. The third kappa shape index (κ3) is 1.59. The van der Waals surface area contributed by atoms with Crippen LogP contribution >= 0.6 is 11.6 Å². The van der Waals surface area contributed by atoms with Gasteiger partial charge < -0.3 is 5.11 Å². The van der Waals surface area contributed by atoms with Crippen molar-refractivity contribution in [3.63, 3.8) is 0 Å². The Kier molecular flexibility index (Phi) is 2.66. The number of hydrogen-bond donors (Lipinski definition) is 1. The second-order valence-corrected chi connectivity index (χ2v) is 4.94. The molecule has 0 unspecified atom stereocenters. The zero-order valence-electron chi connectivity index (χ0n) is 9.73. The van der Waals surface area contributed by atoms with Crippen LogP contribution < -0.4 is 0 Å². The van der Waals surface area contributed by atoms with Gasteiger partial charge in [0, 0.05) is 5.02 Å². The van der Waals surface area contributed by atoms with Crippen LogP contribution in [0.2, 0.25) is 5.02 Å². The maximum absolute atomic E-state index is 12.1. The van der Waals surface area contributed by atoms with E-state index in [-0.39, 0.29) is 11.1 Å². The number of nitrogens with zero attached hydrogens (tertiary/aromatic N) is 1. The third-order valence-electron chi connectivity index (χ3n) is 2.93. The molecule has 0 fully saturated rings. The van der Waals surface area contributed by atoms with Gasteiger partial charge in [0.1, 0.15) is 5.54 Å². The number of fused-ring (bicyclic) bond motifs is 1. The first-order valence-corrected chi connectivity index (χ1v) is 5.56. The SMILES string of the molecule is CC(C)(C(=O)O)N1C(=O)c2ccc(Cl)cc2C1=O. The molecule has 5 nitrogen and oxygen atoms in total. The predicted octanol–water partition coefficient (Wildman–Crippen LogP) is 1.80. The lowest BCUT2D eigenvalue weighted by Crippen LogP contribution is -2.52. The summed E-state index contributed by atoms with van der Waals surface area (Å²) in [5.74, 6) is -2.49. The smallest absolute Gasteiger partial charge is 0.329 e. The first-order valence-electron chi connectivity index (χ1n) is 5.18. The Bertz CT molecular complexity index is 579. The van der Waals surface area contributed by atoms with Gasteiger partial charge in [-0.3, -0.25) is 14.5 Å². The van der Waals surface area contributed by atoms with Gasteiger partial charge in [-0.25, -0.2) is 4.79 Å². The van der Waals surface area contributed by atoms with Gasteiger partial charge in [0.15, 0.2) is 0 Å². The molecule has 1 aromatic carbocycles. The van der Waals surface area contributed by atoms with Crippen molar-refractivity contribution in [1.29, 1.82) is 0 Å². The average molecular weight is 268 g/mol. The van der Waals surface area contributed by atoms with Crippen molar-refractivity contribution in [1.82, 2.24) is 4.90 Å². The molecule has 0 spiro atoms. The van der Waals surface area contributed by atoms with Crippen LogP contribution in [-0.2, 0) is 4.79 Å². The maximum Gasteiger partial charge on any atom is 0.329 e. The van der Waals surface area contributed by atoms with Gasteiger partial charge in [0.25, 0.3) is 11.8 Å². The molecule has 1 aliphatic heterocycles. The molecule has 1 N–H and O–H groups in total. The molecule has 0 saturated heterocycles. The van der Waals surface area contributed by atoms with Crippen molar-refractivity contribution in [2.75, 3.05) is 0 Å². The van der Waals surface area contributed by atoms with E-state index in [1.165, 1.54) is 32.0 Å². The molecular formula is C12H10ClNO4. The fraction of sp³-hybridized carbons (Fsp3) is 0.250. The summed E-state index contributed by atoms with van der Waals surface area (Å²) in [4.78, 5) is 36.1. The standard InChI is InChI=1S/C12H10ClNO4/c1-12(2,11(17)18)14-9(15)7-4-3-6(13)5-8(7)10(14)16/h3-5H,1-2H3,(H,17,18). The summed E-state index contributed by atoms with van der Waals surface area (Å²) in [6.07, 6.45) is 0. The number of amides is 2. The highest BCUT2D eigenvalue weighted by molar-refractivity contribution is 6.32. The summed E-state index contributed by atoms with van der Waals surface area (Å²) in [5, 5.41) is 9.42. The lowest BCUT2D eigenvalue weighted by molar-refractivity contribution is -0.146. The van der Waals surface area contributed by atoms with E-state index in [0.29, 0.717) is 5.02 Å². The molecule has 0 aromatic heterocycles. The number of benzene rings is 1. The van der Waals surface area contributed by atoms with E-state index in [0.717, 1.165) is 4.90 Å². The molecule has 6 heteroatoms. The van der Waals surface area contributed by atoms with E-state index in [1.807, 2.05) is 0 Å². The number of halogens is 1. The number of carboxylic acid groups (broad SMARTS) is 1. The molecule has 0 bridgehead atoms. The molecule has 2 amide bonds. The second-order valence-electron chi connectivity index (χ2n) is 4.50. The average Bonchev–Trinajstić information content (AvgIpc) is 2.51. The Balaban J connectivity index is 2.56. The van der Waals surface area contributed by atoms with Crippen LogP contribution in [0.1, 0.15) is 34.6 Å². The molecule has 94 valence electrons. The van der Waals surface area contributed by atoms with Crippen LogP contribution in [0.4, 0.5) is 0 Å². The Hall–Kier alpha value is -1.88. The van der Waals surface area contributed by atoms with Crippen LogP contribution in [0.25, 0.3) is 0 Å². The van der Waals surface area contributed by atoms with Crippen molar-refractivity contribution in [2.45, 2.75) is 19.4 Å². The van der Waals surface area contributed by atoms with Crippen molar-refractivity contribution < 1.29 is 19.5 Å². The van der Waals surface area contributed by atoms with Crippen molar-refractivity contribution in [3.05, 3.63) is 34.3 Å². The largest absolute Gasteiger partial charge is 0.480 e. The minimum absolute atomic E-state index is 0.141. The molecule has 1 aromatic rings. The molecule has 1 heterocycles. The summed E-state index contributed by atoms with van der Waals surface area (Å²) in [5.41, 5.74) is -1.28. The summed E-state index contributed by atoms with van der Waals surface area (Å²) in [7, 11) is 0. The number of rotatable bonds is 2. The zero-order chi connectivity index (χ0) is 13.7. The molecule has 1 aliphatic rings. The molecule has 2 rings (SSSR count). The van der Waals surface area contributed by atoms with E-state index in [1.54, 1.807) is 0 Å². The minimum Gasteiger partial charge on any atom is -0.480 e. The fourth-order valence-corrected chi connectivity index (χ4v) is 1.99. The maximum atomic E-state index is 12.1. The van der Waals surface area contributed by atoms with E-state index in [9.17, 15) is 14.4 Å². The zero-order valence-corrected chi connectivity index (χ0v) is 10.5. The highest BCUT2D eigenvalue weighted by Crippen LogP contribution is 2.31. The molecule has 18 heavy (non-hydrogen) atoms. The lowest BCUT2D eigenvalue weighted by Gasteiger charge is -2.29. The van der Waals surface area contributed by atoms with Gasteiger partial charge in [-0.1, -0.05) is 11.6 Å². The summed E-state index contributed by atoms with van der Waals surface area (Å²) >= 11 is 5.76. The predicted molar refractivity (Wildman–Crippen MR) is 63.7 cm³/mol. The third-order valence-corrected chi connectivity index (χ3v) is 3.17. The highest BCUT2D eigenvalue weighted by atomic mass is 35.5. The van der Waals surface area contributed by atoms with Gasteiger partial charge in [0.05, 0.1) is 11.1 Å².